The summed E-state index contributed by atoms with van der Waals surface area (Å²) in [5, 5.41) is 2.08. The maximum absolute atomic E-state index is 6.03. The van der Waals surface area contributed by atoms with E-state index in [1.807, 2.05) is 0 Å². The maximum Gasteiger partial charge on any atom is 0.195 e. The van der Waals surface area contributed by atoms with Crippen LogP contribution in [0.15, 0.2) is 11.6 Å². The Morgan fingerprint density at radius 3 is 2.90 bits per heavy atom. The molecule has 2 saturated heterocycles. The van der Waals surface area contributed by atoms with Crippen LogP contribution in [0.1, 0.15) is 25.5 Å². The third-order valence-corrected chi connectivity index (χ3v) is 4.95. The number of hydrogen-bond acceptors (Lipinski definition) is 5. The predicted molar refractivity (Wildman–Crippen MR) is 80.5 cm³/mol. The van der Waals surface area contributed by atoms with Gasteiger partial charge in [0, 0.05) is 37.1 Å². The lowest BCUT2D eigenvalue weighted by molar-refractivity contribution is 0.0302. The smallest absolute Gasteiger partial charge is 0.195 e. The molecule has 0 aromatic carbocycles. The lowest BCUT2D eigenvalue weighted by Crippen LogP contribution is -2.43. The number of hydrogen-bond donors (Lipinski definition) is 1. The van der Waals surface area contributed by atoms with Gasteiger partial charge in [0.2, 0.25) is 0 Å². The summed E-state index contributed by atoms with van der Waals surface area (Å²) in [6.45, 7) is 3.99. The van der Waals surface area contributed by atoms with Gasteiger partial charge >= 0.3 is 0 Å². The lowest BCUT2D eigenvalue weighted by atomic mass is 10.2. The van der Waals surface area contributed by atoms with E-state index in [1.54, 1.807) is 11.3 Å². The molecule has 2 fully saturated rings. The minimum absolute atomic E-state index is 0.145. The van der Waals surface area contributed by atoms with Crippen LogP contribution >= 0.6 is 11.3 Å². The monoisotopic (exact) mass is 292 g/mol. The Balaban J connectivity index is 1.72. The summed E-state index contributed by atoms with van der Waals surface area (Å²) < 4.78 is 8.12. The van der Waals surface area contributed by atoms with Gasteiger partial charge in [-0.05, 0) is 19.8 Å². The van der Waals surface area contributed by atoms with Gasteiger partial charge in [-0.2, -0.15) is 0 Å². The van der Waals surface area contributed by atoms with E-state index < -0.39 is 0 Å². The summed E-state index contributed by atoms with van der Waals surface area (Å²) in [6.07, 6.45) is 6.11. The summed E-state index contributed by atoms with van der Waals surface area (Å²) in [7, 11) is 0. The van der Waals surface area contributed by atoms with Crippen LogP contribution in [0.25, 0.3) is 4.96 Å². The average molecular weight is 292 g/mol. The van der Waals surface area contributed by atoms with Gasteiger partial charge < -0.3 is 15.4 Å². The normalized spacial score (nSPS) is 27.4. The van der Waals surface area contributed by atoms with Gasteiger partial charge in [-0.1, -0.05) is 0 Å². The van der Waals surface area contributed by atoms with E-state index in [0.717, 1.165) is 30.3 Å². The number of fused-ring (bicyclic) bond motifs is 3. The fourth-order valence-electron chi connectivity index (χ4n) is 3.36. The highest BCUT2D eigenvalue weighted by atomic mass is 32.1. The van der Waals surface area contributed by atoms with Crippen molar-refractivity contribution in [3.8, 4) is 0 Å². The van der Waals surface area contributed by atoms with Crippen molar-refractivity contribution in [1.29, 1.82) is 0 Å². The zero-order valence-electron chi connectivity index (χ0n) is 11.7. The van der Waals surface area contributed by atoms with Crippen molar-refractivity contribution in [2.45, 2.75) is 44.4 Å². The van der Waals surface area contributed by atoms with Crippen LogP contribution in [0.4, 0.5) is 5.82 Å². The van der Waals surface area contributed by atoms with Gasteiger partial charge in [0.1, 0.15) is 0 Å². The molecular weight excluding hydrogens is 272 g/mol. The van der Waals surface area contributed by atoms with Crippen molar-refractivity contribution < 1.29 is 4.74 Å². The third-order valence-electron chi connectivity index (χ3n) is 4.20. The van der Waals surface area contributed by atoms with Crippen molar-refractivity contribution in [3.63, 3.8) is 0 Å². The molecule has 2 aliphatic heterocycles. The molecule has 0 radical (unpaired) electrons. The first-order valence-corrected chi connectivity index (χ1v) is 8.19. The molecule has 20 heavy (non-hydrogen) atoms. The number of rotatable bonds is 3. The molecule has 2 N–H and O–H groups in total. The van der Waals surface area contributed by atoms with Gasteiger partial charge in [-0.25, -0.2) is 4.98 Å². The first-order chi connectivity index (χ1) is 9.70. The van der Waals surface area contributed by atoms with Gasteiger partial charge in [0.15, 0.2) is 10.8 Å². The average Bonchev–Trinajstić information content (AvgIpc) is 3.06. The number of thiazole rings is 1. The highest BCUT2D eigenvalue weighted by molar-refractivity contribution is 7.15. The van der Waals surface area contributed by atoms with Crippen LogP contribution < -0.4 is 10.6 Å². The Kier molecular flexibility index (Phi) is 2.98. The number of ether oxygens (including phenoxy) is 1. The first kappa shape index (κ1) is 12.6. The molecule has 3 atom stereocenters. The molecule has 0 amide bonds. The molecule has 2 bridgehead atoms. The molecule has 4 heterocycles. The molecule has 2 aromatic heterocycles. The van der Waals surface area contributed by atoms with E-state index >= 15 is 0 Å². The zero-order valence-corrected chi connectivity index (χ0v) is 12.5. The molecule has 108 valence electrons. The molecule has 0 spiro atoms. The van der Waals surface area contributed by atoms with E-state index in [4.69, 9.17) is 15.5 Å². The highest BCUT2D eigenvalue weighted by Crippen LogP contribution is 2.32. The second-order valence-corrected chi connectivity index (χ2v) is 6.85. The molecular formula is C14H20N4OS. The second kappa shape index (κ2) is 4.72. The molecule has 4 rings (SSSR count). The molecule has 0 saturated carbocycles. The number of aromatic nitrogens is 2. The Hall–Kier alpha value is -1.11. The van der Waals surface area contributed by atoms with Crippen LogP contribution in [0.2, 0.25) is 0 Å². The molecule has 0 aliphatic carbocycles. The molecule has 5 nitrogen and oxygen atoms in total. The Bertz CT molecular complexity index is 608. The van der Waals surface area contributed by atoms with Crippen molar-refractivity contribution in [2.75, 3.05) is 18.0 Å². The lowest BCUT2D eigenvalue weighted by Gasteiger charge is -2.33. The van der Waals surface area contributed by atoms with Crippen molar-refractivity contribution >= 4 is 22.1 Å². The maximum atomic E-state index is 6.03. The number of nitrogens with zero attached hydrogens (tertiary/aromatic N) is 3. The van der Waals surface area contributed by atoms with E-state index in [2.05, 4.69) is 27.8 Å². The summed E-state index contributed by atoms with van der Waals surface area (Å²) in [4.78, 5) is 8.31. The molecule has 6 heteroatoms. The fourth-order valence-corrected chi connectivity index (χ4v) is 4.08. The quantitative estimate of drug-likeness (QED) is 0.934. The number of nitrogens with two attached hydrogens (primary N) is 1. The molecule has 3 unspecified atom stereocenters. The molecule has 2 aromatic rings. The number of morpholine rings is 1. The number of imidazole rings is 1. The number of anilines is 1. The van der Waals surface area contributed by atoms with E-state index in [-0.39, 0.29) is 6.04 Å². The molecule has 2 aliphatic rings. The summed E-state index contributed by atoms with van der Waals surface area (Å²) >= 11 is 1.68. The fraction of sp³-hybridized carbons (Fsp3) is 0.643. The Labute approximate surface area is 122 Å². The Morgan fingerprint density at radius 1 is 1.45 bits per heavy atom. The van der Waals surface area contributed by atoms with Gasteiger partial charge in [0.25, 0.3) is 0 Å². The standard InChI is InChI=1S/C14H20N4OS/c1-9(15)6-12-13(16-14-18(12)4-5-20-14)17-7-10-2-3-11(8-17)19-10/h4-5,9-11H,2-3,6-8,15H2,1H3. The van der Waals surface area contributed by atoms with Crippen molar-refractivity contribution in [1.82, 2.24) is 9.38 Å². The van der Waals surface area contributed by atoms with Crippen molar-refractivity contribution in [2.24, 2.45) is 5.73 Å². The van der Waals surface area contributed by atoms with Crippen LogP contribution in [0.5, 0.6) is 0 Å². The van der Waals surface area contributed by atoms with Crippen LogP contribution in [-0.4, -0.2) is 40.7 Å². The van der Waals surface area contributed by atoms with Crippen molar-refractivity contribution in [3.05, 3.63) is 17.3 Å². The minimum atomic E-state index is 0.145. The second-order valence-electron chi connectivity index (χ2n) is 5.98. The van der Waals surface area contributed by atoms with Gasteiger partial charge in [0.05, 0.1) is 17.9 Å². The van der Waals surface area contributed by atoms with Crippen LogP contribution in [0.3, 0.4) is 0 Å². The third kappa shape index (κ3) is 2.03. The predicted octanol–water partition coefficient (Wildman–Crippen LogP) is 1.65. The summed E-state index contributed by atoms with van der Waals surface area (Å²) in [5.41, 5.74) is 7.28. The van der Waals surface area contributed by atoms with Crippen LogP contribution in [0, 0.1) is 0 Å². The van der Waals surface area contributed by atoms with E-state index in [9.17, 15) is 0 Å². The van der Waals surface area contributed by atoms with E-state index in [1.165, 1.54) is 18.5 Å². The largest absolute Gasteiger partial charge is 0.371 e. The van der Waals surface area contributed by atoms with Crippen LogP contribution in [-0.2, 0) is 11.2 Å². The Morgan fingerprint density at radius 2 is 2.20 bits per heavy atom. The van der Waals surface area contributed by atoms with Gasteiger partial charge in [-0.3, -0.25) is 4.40 Å². The topological polar surface area (TPSA) is 55.8 Å². The van der Waals surface area contributed by atoms with E-state index in [0.29, 0.717) is 12.2 Å². The summed E-state index contributed by atoms with van der Waals surface area (Å²) in [6, 6.07) is 0.145. The van der Waals surface area contributed by atoms with Gasteiger partial charge in [-0.15, -0.1) is 11.3 Å². The summed E-state index contributed by atoms with van der Waals surface area (Å²) in [5.74, 6) is 1.12. The minimum Gasteiger partial charge on any atom is -0.371 e. The highest BCUT2D eigenvalue weighted by Gasteiger charge is 2.35. The SMILES string of the molecule is CC(N)Cc1c(N2CC3CCC(C2)O3)nc2sccn12. The first-order valence-electron chi connectivity index (χ1n) is 7.31. The zero-order chi connectivity index (χ0) is 13.7.